The van der Waals surface area contributed by atoms with Gasteiger partial charge in [-0.3, -0.25) is 4.90 Å². The third kappa shape index (κ3) is 4.68. The van der Waals surface area contributed by atoms with Crippen LogP contribution < -0.4 is 15.4 Å². The van der Waals surface area contributed by atoms with Crippen LogP contribution in [0.4, 0.5) is 10.5 Å². The number of carbonyl (C=O) groups excluding carboxylic acids is 1. The minimum absolute atomic E-state index is 0.139. The molecule has 138 valence electrons. The molecule has 0 radical (unpaired) electrons. The Labute approximate surface area is 159 Å². The first-order chi connectivity index (χ1) is 12.7. The van der Waals surface area contributed by atoms with E-state index in [-0.39, 0.29) is 12.1 Å². The molecule has 1 saturated heterocycles. The van der Waals surface area contributed by atoms with E-state index in [2.05, 4.69) is 27.7 Å². The van der Waals surface area contributed by atoms with Gasteiger partial charge in [-0.05, 0) is 55.8 Å². The maximum Gasteiger partial charge on any atom is 0.319 e. The SMILES string of the molecule is COc1ccc(C(CNC(=O)Nc2ccccc2Cl)N2CCCC2)cc1. The van der Waals surface area contributed by atoms with Crippen LogP contribution in [0.1, 0.15) is 24.4 Å². The van der Waals surface area contributed by atoms with Crippen molar-refractivity contribution in [1.82, 2.24) is 10.2 Å². The minimum Gasteiger partial charge on any atom is -0.497 e. The summed E-state index contributed by atoms with van der Waals surface area (Å²) in [4.78, 5) is 14.7. The summed E-state index contributed by atoms with van der Waals surface area (Å²) in [6.45, 7) is 2.62. The number of ether oxygens (including phenoxy) is 1. The Kier molecular flexibility index (Phi) is 6.36. The number of urea groups is 1. The maximum atomic E-state index is 12.3. The van der Waals surface area contributed by atoms with E-state index in [9.17, 15) is 4.79 Å². The number of amides is 2. The van der Waals surface area contributed by atoms with Gasteiger partial charge < -0.3 is 15.4 Å². The van der Waals surface area contributed by atoms with E-state index in [1.807, 2.05) is 24.3 Å². The van der Waals surface area contributed by atoms with Gasteiger partial charge in [-0.25, -0.2) is 4.79 Å². The van der Waals surface area contributed by atoms with Crippen LogP contribution in [-0.2, 0) is 0 Å². The standard InChI is InChI=1S/C20H24ClN3O2/c1-26-16-10-8-15(9-11-16)19(24-12-4-5-13-24)14-22-20(25)23-18-7-3-2-6-17(18)21/h2-3,6-11,19H,4-5,12-14H2,1H3,(H2,22,23,25). The van der Waals surface area contributed by atoms with Gasteiger partial charge in [-0.15, -0.1) is 0 Å². The Morgan fingerprint density at radius 3 is 2.50 bits per heavy atom. The van der Waals surface area contributed by atoms with Crippen LogP contribution in [-0.4, -0.2) is 37.7 Å². The molecular formula is C20H24ClN3O2. The summed E-state index contributed by atoms with van der Waals surface area (Å²) >= 11 is 6.10. The zero-order valence-electron chi connectivity index (χ0n) is 14.9. The Morgan fingerprint density at radius 2 is 1.85 bits per heavy atom. The number of carbonyl (C=O) groups is 1. The topological polar surface area (TPSA) is 53.6 Å². The lowest BCUT2D eigenvalue weighted by Gasteiger charge is -2.28. The van der Waals surface area contributed by atoms with Gasteiger partial charge in [0.1, 0.15) is 5.75 Å². The third-order valence-electron chi connectivity index (χ3n) is 4.66. The van der Waals surface area contributed by atoms with Gasteiger partial charge in [0.2, 0.25) is 0 Å². The third-order valence-corrected chi connectivity index (χ3v) is 4.99. The highest BCUT2D eigenvalue weighted by Gasteiger charge is 2.24. The molecule has 0 spiro atoms. The molecule has 5 nitrogen and oxygen atoms in total. The summed E-state index contributed by atoms with van der Waals surface area (Å²) in [5, 5.41) is 6.31. The fourth-order valence-electron chi connectivity index (χ4n) is 3.26. The molecule has 0 bridgehead atoms. The van der Waals surface area contributed by atoms with Gasteiger partial charge in [-0.1, -0.05) is 35.9 Å². The summed E-state index contributed by atoms with van der Waals surface area (Å²) in [5.41, 5.74) is 1.78. The molecular weight excluding hydrogens is 350 g/mol. The van der Waals surface area contributed by atoms with Crippen molar-refractivity contribution in [2.24, 2.45) is 0 Å². The molecule has 2 aromatic rings. The van der Waals surface area contributed by atoms with E-state index in [1.165, 1.54) is 18.4 Å². The fourth-order valence-corrected chi connectivity index (χ4v) is 3.44. The fraction of sp³-hybridized carbons (Fsp3) is 0.350. The second-order valence-electron chi connectivity index (χ2n) is 6.35. The van der Waals surface area contributed by atoms with Crippen LogP contribution in [0.25, 0.3) is 0 Å². The van der Waals surface area contributed by atoms with Crippen molar-refractivity contribution >= 4 is 23.3 Å². The van der Waals surface area contributed by atoms with Crippen molar-refractivity contribution in [2.75, 3.05) is 32.1 Å². The lowest BCUT2D eigenvalue weighted by atomic mass is 10.1. The number of methoxy groups -OCH3 is 1. The molecule has 1 aliphatic heterocycles. The molecule has 26 heavy (non-hydrogen) atoms. The second kappa shape index (κ2) is 8.92. The number of hydrogen-bond acceptors (Lipinski definition) is 3. The highest BCUT2D eigenvalue weighted by molar-refractivity contribution is 6.33. The van der Waals surface area contributed by atoms with Crippen molar-refractivity contribution in [3.8, 4) is 5.75 Å². The summed E-state index contributed by atoms with van der Waals surface area (Å²) in [6.07, 6.45) is 2.39. The Hall–Kier alpha value is -2.24. The summed E-state index contributed by atoms with van der Waals surface area (Å²) in [5.74, 6) is 0.832. The Bertz CT molecular complexity index is 730. The van der Waals surface area contributed by atoms with Gasteiger partial charge in [0.05, 0.1) is 23.9 Å². The highest BCUT2D eigenvalue weighted by atomic mass is 35.5. The normalized spacial score (nSPS) is 15.5. The van der Waals surface area contributed by atoms with Crippen LogP contribution >= 0.6 is 11.6 Å². The average Bonchev–Trinajstić information content (AvgIpc) is 3.19. The highest BCUT2D eigenvalue weighted by Crippen LogP contribution is 2.26. The van der Waals surface area contributed by atoms with Crippen molar-refractivity contribution in [3.63, 3.8) is 0 Å². The van der Waals surface area contributed by atoms with Crippen molar-refractivity contribution in [3.05, 3.63) is 59.1 Å². The monoisotopic (exact) mass is 373 g/mol. The molecule has 0 aliphatic carbocycles. The zero-order chi connectivity index (χ0) is 18.4. The molecule has 1 heterocycles. The molecule has 1 unspecified atom stereocenters. The van der Waals surface area contributed by atoms with Crippen molar-refractivity contribution in [1.29, 1.82) is 0 Å². The first-order valence-electron chi connectivity index (χ1n) is 8.85. The molecule has 2 N–H and O–H groups in total. The average molecular weight is 374 g/mol. The number of benzene rings is 2. The lowest BCUT2D eigenvalue weighted by molar-refractivity contribution is 0.227. The molecule has 1 fully saturated rings. The van der Waals surface area contributed by atoms with Crippen molar-refractivity contribution in [2.45, 2.75) is 18.9 Å². The molecule has 0 saturated carbocycles. The number of rotatable bonds is 6. The summed E-state index contributed by atoms with van der Waals surface area (Å²) in [7, 11) is 1.66. The molecule has 0 aromatic heterocycles. The van der Waals surface area contributed by atoms with Gasteiger partial charge in [0.25, 0.3) is 0 Å². The van der Waals surface area contributed by atoms with E-state index in [0.717, 1.165) is 18.8 Å². The number of nitrogens with one attached hydrogen (secondary N) is 2. The minimum atomic E-state index is -0.254. The van der Waals surface area contributed by atoms with Crippen LogP contribution in [0.3, 0.4) is 0 Å². The largest absolute Gasteiger partial charge is 0.497 e. The number of halogens is 1. The smallest absolute Gasteiger partial charge is 0.319 e. The number of likely N-dealkylation sites (tertiary alicyclic amines) is 1. The Balaban J connectivity index is 1.65. The predicted molar refractivity (Wildman–Crippen MR) is 105 cm³/mol. The number of hydrogen-bond donors (Lipinski definition) is 2. The van der Waals surface area contributed by atoms with E-state index < -0.39 is 0 Å². The van der Waals surface area contributed by atoms with E-state index in [0.29, 0.717) is 17.3 Å². The van der Waals surface area contributed by atoms with E-state index in [4.69, 9.17) is 16.3 Å². The van der Waals surface area contributed by atoms with Gasteiger partial charge in [0.15, 0.2) is 0 Å². The predicted octanol–water partition coefficient (Wildman–Crippen LogP) is 4.31. The zero-order valence-corrected chi connectivity index (χ0v) is 15.6. The maximum absolute atomic E-state index is 12.3. The van der Waals surface area contributed by atoms with Gasteiger partial charge in [-0.2, -0.15) is 0 Å². The summed E-state index contributed by atoms with van der Waals surface area (Å²) in [6, 6.07) is 15.1. The van der Waals surface area contributed by atoms with Gasteiger partial charge >= 0.3 is 6.03 Å². The quantitative estimate of drug-likeness (QED) is 0.793. The van der Waals surface area contributed by atoms with E-state index in [1.54, 1.807) is 19.2 Å². The van der Waals surface area contributed by atoms with Crippen molar-refractivity contribution < 1.29 is 9.53 Å². The Morgan fingerprint density at radius 1 is 1.15 bits per heavy atom. The van der Waals surface area contributed by atoms with Crippen LogP contribution in [0.5, 0.6) is 5.75 Å². The molecule has 1 atom stereocenters. The van der Waals surface area contributed by atoms with Crippen LogP contribution in [0.2, 0.25) is 5.02 Å². The summed E-state index contributed by atoms with van der Waals surface area (Å²) < 4.78 is 5.24. The first-order valence-corrected chi connectivity index (χ1v) is 9.22. The van der Waals surface area contributed by atoms with Crippen LogP contribution in [0.15, 0.2) is 48.5 Å². The molecule has 1 aliphatic rings. The number of para-hydroxylation sites is 1. The van der Waals surface area contributed by atoms with E-state index >= 15 is 0 Å². The number of nitrogens with zero attached hydrogens (tertiary/aromatic N) is 1. The molecule has 2 amide bonds. The second-order valence-corrected chi connectivity index (χ2v) is 6.75. The number of anilines is 1. The molecule has 3 rings (SSSR count). The molecule has 6 heteroatoms. The first kappa shape index (κ1) is 18.5. The molecule has 2 aromatic carbocycles. The van der Waals surface area contributed by atoms with Crippen LogP contribution in [0, 0.1) is 0 Å². The lowest BCUT2D eigenvalue weighted by Crippen LogP contribution is -2.38. The van der Waals surface area contributed by atoms with Gasteiger partial charge in [0, 0.05) is 6.54 Å².